The molecule has 0 saturated carbocycles. The van der Waals surface area contributed by atoms with Gasteiger partial charge in [0, 0.05) is 0 Å². The maximum atomic E-state index is 3.47. The fourth-order valence-corrected chi connectivity index (χ4v) is 15.3. The van der Waals surface area contributed by atoms with Gasteiger partial charge in [-0.05, 0) is 0 Å². The Balaban J connectivity index is 1.60. The summed E-state index contributed by atoms with van der Waals surface area (Å²) in [5.74, 6) is 2.82. The summed E-state index contributed by atoms with van der Waals surface area (Å²) in [5, 5.41) is 5.00. The normalized spacial score (nSPS) is 38.2. The number of hydrogen-bond acceptors (Lipinski definition) is 2. The van der Waals surface area contributed by atoms with Crippen LogP contribution in [-0.2, 0) is 0 Å². The minimum absolute atomic E-state index is 0.858. The standard InChI is InChI=1S/C12H16S2Se4/c15-9(3-7-5-13-7)11-12(18-2-1-17-11)10(16)4-8-6-14-8/h7-8,11-12H,1-6H2. The van der Waals surface area contributed by atoms with Gasteiger partial charge >= 0.3 is 149 Å². The van der Waals surface area contributed by atoms with Crippen LogP contribution in [0.5, 0.6) is 0 Å². The number of hydrogen-bond donors (Lipinski definition) is 0. The first-order chi connectivity index (χ1) is 8.74. The van der Waals surface area contributed by atoms with E-state index in [1.165, 1.54) is 35.0 Å². The third kappa shape index (κ3) is 4.50. The van der Waals surface area contributed by atoms with Crippen molar-refractivity contribution in [3.05, 3.63) is 0 Å². The van der Waals surface area contributed by atoms with Gasteiger partial charge in [-0.3, -0.25) is 0 Å². The van der Waals surface area contributed by atoms with Gasteiger partial charge in [-0.15, -0.1) is 0 Å². The molecule has 0 radical (unpaired) electrons. The van der Waals surface area contributed by atoms with Gasteiger partial charge in [0.2, 0.25) is 0 Å². The van der Waals surface area contributed by atoms with Crippen LogP contribution in [0.15, 0.2) is 0 Å². The van der Waals surface area contributed by atoms with Gasteiger partial charge in [-0.2, -0.15) is 0 Å². The van der Waals surface area contributed by atoms with Crippen molar-refractivity contribution in [3.63, 3.8) is 0 Å². The van der Waals surface area contributed by atoms with Crippen molar-refractivity contribution in [1.29, 1.82) is 0 Å². The predicted molar refractivity (Wildman–Crippen MR) is 91.9 cm³/mol. The van der Waals surface area contributed by atoms with Crippen LogP contribution in [0.2, 0.25) is 20.3 Å². The van der Waals surface area contributed by atoms with E-state index in [2.05, 4.69) is 54.7 Å². The minimum atomic E-state index is 0.858. The van der Waals surface area contributed by atoms with Crippen molar-refractivity contribution in [1.82, 2.24) is 0 Å². The van der Waals surface area contributed by atoms with Crippen molar-refractivity contribution < 1.29 is 0 Å². The first-order valence-electron chi connectivity index (χ1n) is 6.26. The Morgan fingerprint density at radius 3 is 1.61 bits per heavy atom. The molecule has 0 aliphatic carbocycles. The Bertz CT molecular complexity index is 318. The summed E-state index contributed by atoms with van der Waals surface area (Å²) in [4.78, 5) is 1.87. The average Bonchev–Trinajstić information content (AvgIpc) is 3.25. The molecular formula is C12H16S2Se4. The van der Waals surface area contributed by atoms with Gasteiger partial charge in [0.25, 0.3) is 0 Å². The molecule has 0 spiro atoms. The van der Waals surface area contributed by atoms with Crippen LogP contribution in [-0.4, -0.2) is 91.9 Å². The Morgan fingerprint density at radius 1 is 0.889 bits per heavy atom. The zero-order valence-electron chi connectivity index (χ0n) is 10.0. The molecule has 0 aromatic carbocycles. The molecule has 0 aromatic heterocycles. The van der Waals surface area contributed by atoms with Crippen molar-refractivity contribution in [2.24, 2.45) is 0 Å². The summed E-state index contributed by atoms with van der Waals surface area (Å²) in [6, 6.07) is 0. The van der Waals surface area contributed by atoms with E-state index in [0.717, 1.165) is 50.0 Å². The van der Waals surface area contributed by atoms with Crippen LogP contribution in [0.4, 0.5) is 0 Å². The first-order valence-corrected chi connectivity index (χ1v) is 14.5. The molecule has 0 bridgehead atoms. The molecule has 100 valence electrons. The van der Waals surface area contributed by atoms with E-state index < -0.39 is 0 Å². The fourth-order valence-electron chi connectivity index (χ4n) is 2.10. The molecule has 0 N–H and O–H groups in total. The van der Waals surface area contributed by atoms with E-state index in [9.17, 15) is 0 Å². The molecular weight excluding hydrogens is 524 g/mol. The predicted octanol–water partition coefficient (Wildman–Crippen LogP) is 1.51. The van der Waals surface area contributed by atoms with E-state index in [-0.39, 0.29) is 0 Å². The third-order valence-electron chi connectivity index (χ3n) is 3.25. The fraction of sp³-hybridized carbons (Fsp3) is 0.833. The van der Waals surface area contributed by atoms with E-state index in [1.54, 1.807) is 8.83 Å². The van der Waals surface area contributed by atoms with Crippen LogP contribution >= 0.6 is 23.5 Å². The average molecular weight is 540 g/mol. The van der Waals surface area contributed by atoms with Gasteiger partial charge in [0.15, 0.2) is 0 Å². The van der Waals surface area contributed by atoms with Gasteiger partial charge < -0.3 is 0 Å². The molecule has 3 heterocycles. The Labute approximate surface area is 147 Å². The second-order valence-electron chi connectivity index (χ2n) is 4.83. The molecule has 3 aliphatic heterocycles. The molecule has 0 aromatic rings. The number of rotatable bonds is 6. The van der Waals surface area contributed by atoms with Gasteiger partial charge in [-0.25, -0.2) is 0 Å². The molecule has 3 aliphatic rings. The Hall–Kier alpha value is 2.52. The zero-order valence-corrected chi connectivity index (χ0v) is 18.5. The molecule has 18 heavy (non-hydrogen) atoms. The van der Waals surface area contributed by atoms with Gasteiger partial charge in [0.1, 0.15) is 0 Å². The van der Waals surface area contributed by atoms with Crippen LogP contribution in [0.1, 0.15) is 12.8 Å². The Morgan fingerprint density at radius 2 is 1.28 bits per heavy atom. The first kappa shape index (κ1) is 15.4. The molecule has 3 fully saturated rings. The van der Waals surface area contributed by atoms with Gasteiger partial charge in [-0.1, -0.05) is 0 Å². The van der Waals surface area contributed by atoms with E-state index in [0.29, 0.717) is 0 Å². The quantitative estimate of drug-likeness (QED) is 0.371. The molecule has 4 atom stereocenters. The summed E-state index contributed by atoms with van der Waals surface area (Å²) in [6.07, 6.45) is 2.74. The molecule has 4 unspecified atom stereocenters. The zero-order chi connectivity index (χ0) is 12.5. The summed E-state index contributed by atoms with van der Waals surface area (Å²) < 4.78 is 3.46. The van der Waals surface area contributed by atoms with Crippen LogP contribution < -0.4 is 0 Å². The third-order valence-corrected chi connectivity index (χ3v) is 16.3. The Kier molecular flexibility index (Phi) is 6.15. The molecule has 3 rings (SSSR count). The SMILES string of the molecule is [Se]=C(CC1CS1)C1[Se]CC[Se]C1C(=[Se])CC1CS1. The maximum absolute atomic E-state index is 3.47. The van der Waals surface area contributed by atoms with Crippen molar-refractivity contribution in [2.45, 2.75) is 43.6 Å². The van der Waals surface area contributed by atoms with Crippen molar-refractivity contribution in [2.75, 3.05) is 11.5 Å². The van der Waals surface area contributed by atoms with Gasteiger partial charge in [0.05, 0.1) is 0 Å². The summed E-state index contributed by atoms with van der Waals surface area (Å²) >= 11 is 12.9. The van der Waals surface area contributed by atoms with Crippen LogP contribution in [0, 0.1) is 0 Å². The van der Waals surface area contributed by atoms with E-state index >= 15 is 0 Å². The molecule has 6 heteroatoms. The van der Waals surface area contributed by atoms with Crippen LogP contribution in [0.3, 0.4) is 0 Å². The molecule has 0 nitrogen and oxygen atoms in total. The topological polar surface area (TPSA) is 0 Å². The number of thioether (sulfide) groups is 2. The van der Waals surface area contributed by atoms with E-state index in [4.69, 9.17) is 0 Å². The second-order valence-corrected chi connectivity index (χ2v) is 14.9. The molecule has 0 amide bonds. The monoisotopic (exact) mass is 544 g/mol. The van der Waals surface area contributed by atoms with Crippen molar-refractivity contribution >= 4 is 93.4 Å². The summed E-state index contributed by atoms with van der Waals surface area (Å²) in [5.41, 5.74) is 0. The molecule has 3 saturated heterocycles. The van der Waals surface area contributed by atoms with Crippen LogP contribution in [0.25, 0.3) is 0 Å². The van der Waals surface area contributed by atoms with Crippen molar-refractivity contribution in [3.8, 4) is 0 Å². The van der Waals surface area contributed by atoms with E-state index in [1.807, 2.05) is 0 Å². The summed E-state index contributed by atoms with van der Waals surface area (Å²) in [6.45, 7) is 0. The second kappa shape index (κ2) is 7.19. The summed E-state index contributed by atoms with van der Waals surface area (Å²) in [7, 11) is 0.